The van der Waals surface area contributed by atoms with E-state index in [9.17, 15) is 18.0 Å². The first-order valence-electron chi connectivity index (χ1n) is 6.45. The molecule has 1 aromatic heterocycles. The number of aromatic nitrogens is 1. The van der Waals surface area contributed by atoms with Crippen LogP contribution < -0.4 is 0 Å². The van der Waals surface area contributed by atoms with Gasteiger partial charge in [-0.2, -0.15) is 0 Å². The molecule has 21 heavy (non-hydrogen) atoms. The van der Waals surface area contributed by atoms with E-state index in [1.165, 1.54) is 36.5 Å². The van der Waals surface area contributed by atoms with Gasteiger partial charge in [-0.15, -0.1) is 0 Å². The predicted octanol–water partition coefficient (Wildman–Crippen LogP) is 3.96. The van der Waals surface area contributed by atoms with Crippen molar-refractivity contribution in [2.75, 3.05) is 0 Å². The van der Waals surface area contributed by atoms with Gasteiger partial charge in [0.2, 0.25) is 0 Å². The minimum atomic E-state index is -2.70. The number of carboxylic acids is 1. The average molecular weight is 295 g/mol. The summed E-state index contributed by atoms with van der Waals surface area (Å²) >= 11 is 0. The van der Waals surface area contributed by atoms with Crippen LogP contribution in [0.4, 0.5) is 13.2 Å². The van der Waals surface area contributed by atoms with Crippen molar-refractivity contribution < 1.29 is 23.1 Å². The minimum Gasteiger partial charge on any atom is -0.478 e. The first-order chi connectivity index (χ1) is 9.85. The number of alkyl halides is 2. The molecule has 6 heteroatoms. The normalized spacial score (nSPS) is 17.5. The molecule has 0 aliphatic heterocycles. The maximum atomic E-state index is 13.0. The van der Waals surface area contributed by atoms with Crippen LogP contribution >= 0.6 is 0 Å². The Balaban J connectivity index is 2.02. The third kappa shape index (κ3) is 2.53. The summed E-state index contributed by atoms with van der Waals surface area (Å²) in [5.74, 6) is -4.23. The summed E-state index contributed by atoms with van der Waals surface area (Å²) < 4.78 is 40.6. The van der Waals surface area contributed by atoms with E-state index in [1.54, 1.807) is 4.57 Å². The quantitative estimate of drug-likeness (QED) is 0.931. The van der Waals surface area contributed by atoms with Gasteiger partial charge in [-0.3, -0.25) is 0 Å². The SMILES string of the molecule is O=C(O)c1cc(-c2ccc(F)cc2)n(C2CC(F)(F)C2)c1. The van der Waals surface area contributed by atoms with Gasteiger partial charge in [0.25, 0.3) is 5.92 Å². The number of rotatable bonds is 3. The summed E-state index contributed by atoms with van der Waals surface area (Å²) in [4.78, 5) is 11.1. The maximum Gasteiger partial charge on any atom is 0.337 e. The Hall–Kier alpha value is -2.24. The molecule has 1 saturated carbocycles. The molecule has 3 rings (SSSR count). The largest absolute Gasteiger partial charge is 0.478 e. The molecule has 1 aliphatic rings. The van der Waals surface area contributed by atoms with Crippen LogP contribution in [0.5, 0.6) is 0 Å². The standard InChI is InChI=1S/C15H12F3NO2/c16-11-3-1-9(2-4-11)13-5-10(14(20)21)8-19(13)12-6-15(17,18)7-12/h1-5,8,12H,6-7H2,(H,20,21). The number of carboxylic acid groups (broad SMARTS) is 1. The lowest BCUT2D eigenvalue weighted by atomic mass is 9.87. The molecule has 2 aromatic rings. The van der Waals surface area contributed by atoms with Crippen molar-refractivity contribution >= 4 is 5.97 Å². The molecule has 0 atom stereocenters. The molecule has 1 heterocycles. The molecule has 1 aromatic carbocycles. The molecule has 1 N–H and O–H groups in total. The molecule has 0 amide bonds. The highest BCUT2D eigenvalue weighted by Crippen LogP contribution is 2.47. The topological polar surface area (TPSA) is 42.2 Å². The van der Waals surface area contributed by atoms with E-state index in [1.807, 2.05) is 0 Å². The molecule has 0 radical (unpaired) electrons. The number of hydrogen-bond acceptors (Lipinski definition) is 1. The Kier molecular flexibility index (Phi) is 3.04. The summed E-state index contributed by atoms with van der Waals surface area (Å²) in [6.45, 7) is 0. The fourth-order valence-corrected chi connectivity index (χ4v) is 2.58. The number of halogens is 3. The van der Waals surface area contributed by atoms with Crippen molar-refractivity contribution in [3.8, 4) is 11.3 Å². The maximum absolute atomic E-state index is 13.0. The number of benzene rings is 1. The van der Waals surface area contributed by atoms with Crippen molar-refractivity contribution in [2.45, 2.75) is 24.8 Å². The van der Waals surface area contributed by atoms with E-state index in [0.29, 0.717) is 11.3 Å². The van der Waals surface area contributed by atoms with E-state index in [2.05, 4.69) is 0 Å². The van der Waals surface area contributed by atoms with Gasteiger partial charge in [0.15, 0.2) is 0 Å². The van der Waals surface area contributed by atoms with E-state index >= 15 is 0 Å². The average Bonchev–Trinajstić information content (AvgIpc) is 2.81. The number of nitrogens with zero attached hydrogens (tertiary/aromatic N) is 1. The van der Waals surface area contributed by atoms with Crippen molar-refractivity contribution in [1.82, 2.24) is 4.57 Å². The van der Waals surface area contributed by atoms with Gasteiger partial charge in [0.05, 0.1) is 5.56 Å². The predicted molar refractivity (Wildman–Crippen MR) is 70.0 cm³/mol. The molecular formula is C15H12F3NO2. The Morgan fingerprint density at radius 1 is 1.24 bits per heavy atom. The number of hydrogen-bond donors (Lipinski definition) is 1. The van der Waals surface area contributed by atoms with Gasteiger partial charge in [0.1, 0.15) is 5.82 Å². The van der Waals surface area contributed by atoms with Crippen LogP contribution in [0.2, 0.25) is 0 Å². The van der Waals surface area contributed by atoms with Crippen LogP contribution in [-0.4, -0.2) is 21.6 Å². The van der Waals surface area contributed by atoms with Crippen LogP contribution in [0, 0.1) is 5.82 Å². The van der Waals surface area contributed by atoms with Gasteiger partial charge in [-0.1, -0.05) is 0 Å². The zero-order valence-corrected chi connectivity index (χ0v) is 10.9. The molecule has 0 saturated heterocycles. The van der Waals surface area contributed by atoms with Crippen molar-refractivity contribution in [1.29, 1.82) is 0 Å². The second-order valence-electron chi connectivity index (χ2n) is 5.25. The fraction of sp³-hybridized carbons (Fsp3) is 0.267. The Bertz CT molecular complexity index is 683. The molecule has 1 aliphatic carbocycles. The van der Waals surface area contributed by atoms with Crippen molar-refractivity contribution in [3.05, 3.63) is 47.9 Å². The van der Waals surface area contributed by atoms with Gasteiger partial charge in [-0.25, -0.2) is 18.0 Å². The van der Waals surface area contributed by atoms with Crippen molar-refractivity contribution in [3.63, 3.8) is 0 Å². The summed E-state index contributed by atoms with van der Waals surface area (Å²) in [5.41, 5.74) is 1.14. The summed E-state index contributed by atoms with van der Waals surface area (Å²) in [6, 6.07) is 6.50. The van der Waals surface area contributed by atoms with Crippen LogP contribution in [0.1, 0.15) is 29.2 Å². The first-order valence-corrected chi connectivity index (χ1v) is 6.45. The van der Waals surface area contributed by atoms with Crippen LogP contribution in [0.3, 0.4) is 0 Å². The molecule has 0 unspecified atom stereocenters. The molecule has 0 bridgehead atoms. The molecule has 3 nitrogen and oxygen atoms in total. The van der Waals surface area contributed by atoms with E-state index < -0.39 is 23.8 Å². The second-order valence-corrected chi connectivity index (χ2v) is 5.25. The third-order valence-corrected chi connectivity index (χ3v) is 3.70. The summed E-state index contributed by atoms with van der Waals surface area (Å²) in [6.07, 6.45) is 0.741. The molecular weight excluding hydrogens is 283 g/mol. The smallest absolute Gasteiger partial charge is 0.337 e. The number of carbonyl (C=O) groups is 1. The summed E-state index contributed by atoms with van der Waals surface area (Å²) in [7, 11) is 0. The van der Waals surface area contributed by atoms with Gasteiger partial charge >= 0.3 is 5.97 Å². The van der Waals surface area contributed by atoms with Crippen LogP contribution in [0.25, 0.3) is 11.3 Å². The second kappa shape index (κ2) is 4.65. The Morgan fingerprint density at radius 3 is 2.38 bits per heavy atom. The third-order valence-electron chi connectivity index (χ3n) is 3.70. The van der Waals surface area contributed by atoms with E-state index in [0.717, 1.165) is 0 Å². The minimum absolute atomic E-state index is 0.0320. The summed E-state index contributed by atoms with van der Waals surface area (Å²) in [5, 5.41) is 9.07. The van der Waals surface area contributed by atoms with Gasteiger partial charge in [0, 0.05) is 30.8 Å². The van der Waals surface area contributed by atoms with E-state index in [-0.39, 0.29) is 18.4 Å². The zero-order chi connectivity index (χ0) is 15.2. The van der Waals surface area contributed by atoms with Crippen molar-refractivity contribution in [2.24, 2.45) is 0 Å². The Labute approximate surface area is 118 Å². The highest BCUT2D eigenvalue weighted by Gasteiger charge is 2.46. The highest BCUT2D eigenvalue weighted by molar-refractivity contribution is 5.89. The molecule has 0 spiro atoms. The fourth-order valence-electron chi connectivity index (χ4n) is 2.58. The van der Waals surface area contributed by atoms with Crippen LogP contribution in [-0.2, 0) is 0 Å². The zero-order valence-electron chi connectivity index (χ0n) is 10.9. The lowest BCUT2D eigenvalue weighted by Gasteiger charge is -2.37. The molecule has 1 fully saturated rings. The monoisotopic (exact) mass is 295 g/mol. The van der Waals surface area contributed by atoms with Gasteiger partial charge in [-0.05, 0) is 35.9 Å². The van der Waals surface area contributed by atoms with Gasteiger partial charge < -0.3 is 9.67 Å². The molecule has 110 valence electrons. The number of aromatic carboxylic acids is 1. The lowest BCUT2D eigenvalue weighted by Crippen LogP contribution is -2.37. The first kappa shape index (κ1) is 13.7. The highest BCUT2D eigenvalue weighted by atomic mass is 19.3. The van der Waals surface area contributed by atoms with Crippen LogP contribution in [0.15, 0.2) is 36.5 Å². The Morgan fingerprint density at radius 2 is 1.86 bits per heavy atom. The van der Waals surface area contributed by atoms with E-state index in [4.69, 9.17) is 5.11 Å². The lowest BCUT2D eigenvalue weighted by molar-refractivity contribution is -0.103.